The largest absolute Gasteiger partial charge is 0.454 e. The number of carbonyl (C=O) groups is 1. The zero-order chi connectivity index (χ0) is 18.0. The zero-order valence-corrected chi connectivity index (χ0v) is 15.1. The molecule has 0 radical (unpaired) electrons. The first-order valence-electron chi connectivity index (χ1n) is 8.05. The van der Waals surface area contributed by atoms with Gasteiger partial charge in [-0.1, -0.05) is 25.4 Å². The van der Waals surface area contributed by atoms with Crippen LogP contribution in [0.15, 0.2) is 24.3 Å². The van der Waals surface area contributed by atoms with E-state index < -0.39 is 0 Å². The molecule has 0 atom stereocenters. The van der Waals surface area contributed by atoms with E-state index >= 15 is 0 Å². The van der Waals surface area contributed by atoms with Crippen molar-refractivity contribution in [2.75, 3.05) is 12.1 Å². The third kappa shape index (κ3) is 3.96. The average molecular weight is 362 g/mol. The van der Waals surface area contributed by atoms with E-state index in [1.54, 1.807) is 29.0 Å². The normalized spacial score (nSPS) is 13.0. The lowest BCUT2D eigenvalue weighted by Gasteiger charge is -2.05. The van der Waals surface area contributed by atoms with Crippen molar-refractivity contribution in [1.29, 1.82) is 0 Å². The number of amides is 1. The minimum atomic E-state index is -0.258. The molecule has 1 aromatic heterocycles. The number of benzene rings is 1. The molecule has 1 aromatic carbocycles. The molecule has 0 spiro atoms. The van der Waals surface area contributed by atoms with Crippen LogP contribution in [-0.2, 0) is 11.3 Å². The van der Waals surface area contributed by atoms with Gasteiger partial charge in [0.1, 0.15) is 5.15 Å². The Kier molecular flexibility index (Phi) is 4.99. The van der Waals surface area contributed by atoms with Crippen molar-refractivity contribution in [1.82, 2.24) is 9.78 Å². The lowest BCUT2D eigenvalue weighted by Crippen LogP contribution is -2.07. The van der Waals surface area contributed by atoms with E-state index in [2.05, 4.69) is 24.3 Å². The number of anilines is 1. The summed E-state index contributed by atoms with van der Waals surface area (Å²) in [6.07, 6.45) is 3.13. The Morgan fingerprint density at radius 1 is 1.40 bits per heavy atom. The highest BCUT2D eigenvalue weighted by molar-refractivity contribution is 6.31. The van der Waals surface area contributed by atoms with Crippen molar-refractivity contribution in [2.45, 2.75) is 27.3 Å². The predicted octanol–water partition coefficient (Wildman–Crippen LogP) is 3.88. The SMILES string of the molecule is Cc1nn(CC(C)C)c(Cl)c1C=CC(=O)Nc1ccc2c(c1)OCO2. The maximum atomic E-state index is 12.2. The van der Waals surface area contributed by atoms with E-state index in [4.69, 9.17) is 21.1 Å². The molecular weight excluding hydrogens is 342 g/mol. The molecule has 1 N–H and O–H groups in total. The van der Waals surface area contributed by atoms with Gasteiger partial charge in [0.25, 0.3) is 0 Å². The van der Waals surface area contributed by atoms with E-state index in [0.29, 0.717) is 28.3 Å². The smallest absolute Gasteiger partial charge is 0.248 e. The Labute approximate surface area is 151 Å². The number of rotatable bonds is 5. The molecule has 0 saturated heterocycles. The molecule has 6 nitrogen and oxygen atoms in total. The number of carbonyl (C=O) groups excluding carboxylic acids is 1. The summed E-state index contributed by atoms with van der Waals surface area (Å²) in [4.78, 5) is 12.2. The molecule has 132 valence electrons. The summed E-state index contributed by atoms with van der Waals surface area (Å²) in [7, 11) is 0. The molecular formula is C18H20ClN3O3. The number of hydrogen-bond acceptors (Lipinski definition) is 4. The van der Waals surface area contributed by atoms with Crippen LogP contribution in [0.4, 0.5) is 5.69 Å². The molecule has 0 aliphatic carbocycles. The summed E-state index contributed by atoms with van der Waals surface area (Å²) < 4.78 is 12.3. The second kappa shape index (κ2) is 7.19. The topological polar surface area (TPSA) is 65.4 Å². The number of fused-ring (bicyclic) bond motifs is 1. The number of aryl methyl sites for hydroxylation is 1. The van der Waals surface area contributed by atoms with Crippen LogP contribution < -0.4 is 14.8 Å². The molecule has 3 rings (SSSR count). The molecule has 0 unspecified atom stereocenters. The van der Waals surface area contributed by atoms with Crippen LogP contribution in [0.2, 0.25) is 5.15 Å². The van der Waals surface area contributed by atoms with E-state index in [9.17, 15) is 4.79 Å². The van der Waals surface area contributed by atoms with Crippen molar-refractivity contribution in [3.8, 4) is 11.5 Å². The van der Waals surface area contributed by atoms with Gasteiger partial charge in [0.05, 0.1) is 5.69 Å². The van der Waals surface area contributed by atoms with Crippen LogP contribution in [0.25, 0.3) is 6.08 Å². The lowest BCUT2D eigenvalue weighted by atomic mass is 10.2. The second-order valence-corrected chi connectivity index (χ2v) is 6.61. The summed E-state index contributed by atoms with van der Waals surface area (Å²) in [5.74, 6) is 1.47. The first-order chi connectivity index (χ1) is 11.9. The monoisotopic (exact) mass is 361 g/mol. The Balaban J connectivity index is 1.69. The minimum absolute atomic E-state index is 0.199. The first kappa shape index (κ1) is 17.4. The number of nitrogens with one attached hydrogen (secondary N) is 1. The zero-order valence-electron chi connectivity index (χ0n) is 14.4. The highest BCUT2D eigenvalue weighted by atomic mass is 35.5. The van der Waals surface area contributed by atoms with E-state index in [1.165, 1.54) is 6.08 Å². The minimum Gasteiger partial charge on any atom is -0.454 e. The Morgan fingerprint density at radius 2 is 2.16 bits per heavy atom. The van der Waals surface area contributed by atoms with Gasteiger partial charge < -0.3 is 14.8 Å². The van der Waals surface area contributed by atoms with Gasteiger partial charge in [-0.05, 0) is 31.1 Å². The summed E-state index contributed by atoms with van der Waals surface area (Å²) in [5.41, 5.74) is 2.18. The molecule has 1 aliphatic rings. The quantitative estimate of drug-likeness (QED) is 0.821. The highest BCUT2D eigenvalue weighted by Crippen LogP contribution is 2.34. The predicted molar refractivity (Wildman–Crippen MR) is 97.0 cm³/mol. The number of aromatic nitrogens is 2. The summed E-state index contributed by atoms with van der Waals surface area (Å²) >= 11 is 6.37. The van der Waals surface area contributed by atoms with E-state index in [-0.39, 0.29) is 12.7 Å². The van der Waals surface area contributed by atoms with Crippen molar-refractivity contribution in [3.05, 3.63) is 40.7 Å². The number of ether oxygens (including phenoxy) is 2. The van der Waals surface area contributed by atoms with Crippen LogP contribution >= 0.6 is 11.6 Å². The fourth-order valence-electron chi connectivity index (χ4n) is 2.54. The van der Waals surface area contributed by atoms with Crippen molar-refractivity contribution in [3.63, 3.8) is 0 Å². The van der Waals surface area contributed by atoms with E-state index in [0.717, 1.165) is 17.8 Å². The fourth-order valence-corrected chi connectivity index (χ4v) is 2.85. The van der Waals surface area contributed by atoms with Crippen molar-refractivity contribution >= 4 is 29.3 Å². The Hall–Kier alpha value is -2.47. The van der Waals surface area contributed by atoms with Crippen LogP contribution in [-0.4, -0.2) is 22.5 Å². The second-order valence-electron chi connectivity index (χ2n) is 6.26. The Bertz CT molecular complexity index is 827. The van der Waals surface area contributed by atoms with Gasteiger partial charge in [-0.3, -0.25) is 9.48 Å². The molecule has 0 fully saturated rings. The third-order valence-corrected chi connectivity index (χ3v) is 4.09. The number of nitrogens with zero attached hydrogens (tertiary/aromatic N) is 2. The van der Waals surface area contributed by atoms with Gasteiger partial charge in [-0.25, -0.2) is 0 Å². The van der Waals surface area contributed by atoms with Crippen molar-refractivity contribution < 1.29 is 14.3 Å². The maximum absolute atomic E-state index is 12.2. The van der Waals surface area contributed by atoms with Crippen LogP contribution in [0, 0.1) is 12.8 Å². The number of hydrogen-bond donors (Lipinski definition) is 1. The highest BCUT2D eigenvalue weighted by Gasteiger charge is 2.14. The molecule has 2 aromatic rings. The van der Waals surface area contributed by atoms with Gasteiger partial charge in [0.15, 0.2) is 11.5 Å². The van der Waals surface area contributed by atoms with Gasteiger partial charge in [-0.15, -0.1) is 0 Å². The van der Waals surface area contributed by atoms with E-state index in [1.807, 2.05) is 6.92 Å². The summed E-state index contributed by atoms with van der Waals surface area (Å²) in [5, 5.41) is 7.75. The summed E-state index contributed by atoms with van der Waals surface area (Å²) in [6.45, 7) is 7.00. The number of halogens is 1. The van der Waals surface area contributed by atoms with Gasteiger partial charge in [-0.2, -0.15) is 5.10 Å². The third-order valence-electron chi connectivity index (χ3n) is 3.69. The maximum Gasteiger partial charge on any atom is 0.248 e. The van der Waals surface area contributed by atoms with Gasteiger partial charge >= 0.3 is 0 Å². The van der Waals surface area contributed by atoms with Crippen LogP contribution in [0.3, 0.4) is 0 Å². The molecule has 0 bridgehead atoms. The van der Waals surface area contributed by atoms with Gasteiger partial charge in [0, 0.05) is 29.9 Å². The van der Waals surface area contributed by atoms with Gasteiger partial charge in [0.2, 0.25) is 12.7 Å². The van der Waals surface area contributed by atoms with Crippen LogP contribution in [0.1, 0.15) is 25.1 Å². The Morgan fingerprint density at radius 3 is 2.92 bits per heavy atom. The molecule has 2 heterocycles. The molecule has 7 heteroatoms. The fraction of sp³-hybridized carbons (Fsp3) is 0.333. The average Bonchev–Trinajstić information content (AvgIpc) is 3.10. The molecule has 0 saturated carbocycles. The lowest BCUT2D eigenvalue weighted by molar-refractivity contribution is -0.111. The summed E-state index contributed by atoms with van der Waals surface area (Å²) in [6, 6.07) is 5.25. The van der Waals surface area contributed by atoms with Crippen LogP contribution in [0.5, 0.6) is 11.5 Å². The van der Waals surface area contributed by atoms with Crippen molar-refractivity contribution in [2.24, 2.45) is 5.92 Å². The molecule has 1 aliphatic heterocycles. The molecule has 1 amide bonds. The standard InChI is InChI=1S/C18H20ClN3O3/c1-11(2)9-22-18(19)14(12(3)21-22)5-7-17(23)20-13-4-6-15-16(8-13)25-10-24-15/h4-8,11H,9-10H2,1-3H3,(H,20,23). The molecule has 25 heavy (non-hydrogen) atoms. The first-order valence-corrected chi connectivity index (χ1v) is 8.43.